The summed E-state index contributed by atoms with van der Waals surface area (Å²) >= 11 is 3.54. The first kappa shape index (κ1) is 16.0. The molecule has 0 heterocycles. The average Bonchev–Trinajstić information content (AvgIpc) is 2.61. The Labute approximate surface area is 132 Å². The van der Waals surface area contributed by atoms with E-state index < -0.39 is 0 Å². The lowest BCUT2D eigenvalue weighted by molar-refractivity contribution is 0.213. The summed E-state index contributed by atoms with van der Waals surface area (Å²) in [5, 5.41) is 3.76. The Morgan fingerprint density at radius 2 is 1.95 bits per heavy atom. The molecule has 2 rings (SSSR count). The Balaban J connectivity index is 1.83. The molecular weight excluding hydrogens is 310 g/mol. The standard InChI is InChI=1S/C18H28BrN/c1-18(2,3)15-7-5-9-17(11-10-15)20-13-14-6-4-8-16(19)12-14/h4,6,8,12,15,17,20H,5,7,9-11,13H2,1-3H3. The van der Waals surface area contributed by atoms with Crippen LogP contribution in [0.1, 0.15) is 58.4 Å². The first-order chi connectivity index (χ1) is 9.45. The summed E-state index contributed by atoms with van der Waals surface area (Å²) in [6.07, 6.45) is 6.81. The zero-order valence-electron chi connectivity index (χ0n) is 13.1. The fraction of sp³-hybridized carbons (Fsp3) is 0.667. The molecule has 1 aromatic rings. The predicted octanol–water partition coefficient (Wildman–Crippen LogP) is 5.53. The third-order valence-corrected chi connectivity index (χ3v) is 5.17. The highest BCUT2D eigenvalue weighted by molar-refractivity contribution is 9.10. The van der Waals surface area contributed by atoms with E-state index in [1.807, 2.05) is 0 Å². The lowest BCUT2D eigenvalue weighted by Crippen LogP contribution is -2.28. The zero-order valence-corrected chi connectivity index (χ0v) is 14.7. The molecule has 0 bridgehead atoms. The van der Waals surface area contributed by atoms with Crippen LogP contribution in [0.3, 0.4) is 0 Å². The molecule has 1 saturated carbocycles. The third-order valence-electron chi connectivity index (χ3n) is 4.68. The molecule has 112 valence electrons. The minimum Gasteiger partial charge on any atom is -0.310 e. The van der Waals surface area contributed by atoms with Gasteiger partial charge in [-0.25, -0.2) is 0 Å². The lowest BCUT2D eigenvalue weighted by atomic mass is 9.76. The van der Waals surface area contributed by atoms with E-state index in [1.165, 1.54) is 42.1 Å². The van der Waals surface area contributed by atoms with Gasteiger partial charge in [-0.1, -0.05) is 55.3 Å². The van der Waals surface area contributed by atoms with Crippen molar-refractivity contribution in [2.24, 2.45) is 11.3 Å². The van der Waals surface area contributed by atoms with E-state index in [0.29, 0.717) is 11.5 Å². The topological polar surface area (TPSA) is 12.0 Å². The summed E-state index contributed by atoms with van der Waals surface area (Å²) < 4.78 is 1.17. The smallest absolute Gasteiger partial charge is 0.0208 e. The van der Waals surface area contributed by atoms with Gasteiger partial charge in [0.15, 0.2) is 0 Å². The van der Waals surface area contributed by atoms with Crippen LogP contribution < -0.4 is 5.32 Å². The van der Waals surface area contributed by atoms with E-state index in [0.717, 1.165) is 12.5 Å². The number of hydrogen-bond acceptors (Lipinski definition) is 1. The van der Waals surface area contributed by atoms with Gasteiger partial charge in [0.25, 0.3) is 0 Å². The van der Waals surface area contributed by atoms with Crippen LogP contribution in [0.5, 0.6) is 0 Å². The van der Waals surface area contributed by atoms with Gasteiger partial charge in [-0.2, -0.15) is 0 Å². The van der Waals surface area contributed by atoms with Gasteiger partial charge in [-0.15, -0.1) is 0 Å². The van der Waals surface area contributed by atoms with Crippen LogP contribution >= 0.6 is 15.9 Å². The molecule has 20 heavy (non-hydrogen) atoms. The maximum atomic E-state index is 3.76. The van der Waals surface area contributed by atoms with Gasteiger partial charge >= 0.3 is 0 Å². The van der Waals surface area contributed by atoms with Crippen molar-refractivity contribution >= 4 is 15.9 Å². The summed E-state index contributed by atoms with van der Waals surface area (Å²) in [5.74, 6) is 0.889. The van der Waals surface area contributed by atoms with E-state index in [1.54, 1.807) is 0 Å². The Morgan fingerprint density at radius 3 is 2.65 bits per heavy atom. The first-order valence-electron chi connectivity index (χ1n) is 7.93. The van der Waals surface area contributed by atoms with Crippen LogP contribution in [0, 0.1) is 11.3 Å². The molecule has 1 fully saturated rings. The Bertz CT molecular complexity index is 422. The molecule has 0 spiro atoms. The summed E-state index contributed by atoms with van der Waals surface area (Å²) in [7, 11) is 0. The van der Waals surface area contributed by atoms with Gasteiger partial charge in [0, 0.05) is 17.1 Å². The van der Waals surface area contributed by atoms with Crippen molar-refractivity contribution in [1.82, 2.24) is 5.32 Å². The summed E-state index contributed by atoms with van der Waals surface area (Å²) in [4.78, 5) is 0. The summed E-state index contributed by atoms with van der Waals surface area (Å²) in [6.45, 7) is 8.18. The van der Waals surface area contributed by atoms with Crippen molar-refractivity contribution in [2.75, 3.05) is 0 Å². The summed E-state index contributed by atoms with van der Waals surface area (Å²) in [6, 6.07) is 9.31. The molecule has 1 N–H and O–H groups in total. The third kappa shape index (κ3) is 4.89. The zero-order chi connectivity index (χ0) is 14.6. The number of nitrogens with one attached hydrogen (secondary N) is 1. The quantitative estimate of drug-likeness (QED) is 0.714. The van der Waals surface area contributed by atoms with Crippen LogP contribution in [-0.4, -0.2) is 6.04 Å². The molecule has 0 radical (unpaired) electrons. The highest BCUT2D eigenvalue weighted by Gasteiger charge is 2.27. The van der Waals surface area contributed by atoms with Crippen LogP contribution in [0.15, 0.2) is 28.7 Å². The van der Waals surface area contributed by atoms with Gasteiger partial charge < -0.3 is 5.32 Å². The van der Waals surface area contributed by atoms with Crippen molar-refractivity contribution in [3.8, 4) is 0 Å². The Morgan fingerprint density at radius 1 is 1.15 bits per heavy atom. The van der Waals surface area contributed by atoms with E-state index >= 15 is 0 Å². The molecule has 1 nitrogen and oxygen atoms in total. The van der Waals surface area contributed by atoms with Gasteiger partial charge in [-0.3, -0.25) is 0 Å². The van der Waals surface area contributed by atoms with Gasteiger partial charge in [-0.05, 0) is 54.7 Å². The van der Waals surface area contributed by atoms with E-state index in [4.69, 9.17) is 0 Å². The monoisotopic (exact) mass is 337 g/mol. The lowest BCUT2D eigenvalue weighted by Gasteiger charge is -2.29. The van der Waals surface area contributed by atoms with Crippen molar-refractivity contribution in [3.05, 3.63) is 34.3 Å². The first-order valence-corrected chi connectivity index (χ1v) is 8.72. The number of halogens is 1. The van der Waals surface area contributed by atoms with Crippen molar-refractivity contribution in [3.63, 3.8) is 0 Å². The van der Waals surface area contributed by atoms with E-state index in [-0.39, 0.29) is 0 Å². The Hall–Kier alpha value is -0.340. The molecule has 2 unspecified atom stereocenters. The van der Waals surface area contributed by atoms with Crippen molar-refractivity contribution in [1.29, 1.82) is 0 Å². The van der Waals surface area contributed by atoms with Crippen molar-refractivity contribution in [2.45, 2.75) is 65.5 Å². The van der Waals surface area contributed by atoms with Crippen LogP contribution in [-0.2, 0) is 6.54 Å². The average molecular weight is 338 g/mol. The number of benzene rings is 1. The second-order valence-corrected chi connectivity index (χ2v) is 8.19. The highest BCUT2D eigenvalue weighted by atomic mass is 79.9. The molecule has 1 aromatic carbocycles. The number of hydrogen-bond donors (Lipinski definition) is 1. The maximum Gasteiger partial charge on any atom is 0.0208 e. The largest absolute Gasteiger partial charge is 0.310 e. The van der Waals surface area contributed by atoms with E-state index in [2.05, 4.69) is 66.3 Å². The fourth-order valence-electron chi connectivity index (χ4n) is 3.28. The molecule has 1 aliphatic carbocycles. The molecule has 1 aliphatic rings. The molecule has 2 heteroatoms. The summed E-state index contributed by atoms with van der Waals surface area (Å²) in [5.41, 5.74) is 1.84. The Kier molecular flexibility index (Phi) is 5.68. The normalized spacial score (nSPS) is 24.4. The minimum absolute atomic E-state index is 0.471. The molecule has 0 amide bonds. The van der Waals surface area contributed by atoms with Gasteiger partial charge in [0.1, 0.15) is 0 Å². The molecular formula is C18H28BrN. The van der Waals surface area contributed by atoms with Gasteiger partial charge in [0.05, 0.1) is 0 Å². The molecule has 0 aliphatic heterocycles. The van der Waals surface area contributed by atoms with Gasteiger partial charge in [0.2, 0.25) is 0 Å². The second kappa shape index (κ2) is 7.09. The minimum atomic E-state index is 0.471. The molecule has 0 aromatic heterocycles. The van der Waals surface area contributed by atoms with Crippen LogP contribution in [0.2, 0.25) is 0 Å². The van der Waals surface area contributed by atoms with Crippen LogP contribution in [0.25, 0.3) is 0 Å². The predicted molar refractivity (Wildman–Crippen MR) is 90.8 cm³/mol. The van der Waals surface area contributed by atoms with Crippen LogP contribution in [0.4, 0.5) is 0 Å². The molecule has 2 atom stereocenters. The molecule has 0 saturated heterocycles. The highest BCUT2D eigenvalue weighted by Crippen LogP contribution is 2.36. The van der Waals surface area contributed by atoms with E-state index in [9.17, 15) is 0 Å². The maximum absolute atomic E-state index is 3.76. The number of rotatable bonds is 3. The second-order valence-electron chi connectivity index (χ2n) is 7.28. The van der Waals surface area contributed by atoms with Crippen molar-refractivity contribution < 1.29 is 0 Å². The fourth-order valence-corrected chi connectivity index (χ4v) is 3.73. The SMILES string of the molecule is CC(C)(C)C1CCCC(NCc2cccc(Br)c2)CC1.